The molecule has 18 heavy (non-hydrogen) atoms. The van der Waals surface area contributed by atoms with E-state index < -0.39 is 14.4 Å². The van der Waals surface area contributed by atoms with E-state index in [1.165, 1.54) is 0 Å². The number of hydrogen-bond acceptors (Lipinski definition) is 4. The molecule has 1 heterocycles. The molecule has 0 amide bonds. The number of carbonyl (C=O) groups is 1. The first-order chi connectivity index (χ1) is 8.17. The van der Waals surface area contributed by atoms with E-state index in [2.05, 4.69) is 33.9 Å². The maximum absolute atomic E-state index is 11.5. The third-order valence-electron chi connectivity index (χ3n) is 3.81. The van der Waals surface area contributed by atoms with Crippen LogP contribution in [-0.2, 0) is 18.7 Å². The second kappa shape index (κ2) is 5.71. The SMILES string of the molecule is CCC1OC(=O)C(CCO[Si](C)(C)C(C)(C)C)O1. The summed E-state index contributed by atoms with van der Waals surface area (Å²) in [6, 6.07) is 0. The summed E-state index contributed by atoms with van der Waals surface area (Å²) in [7, 11) is -1.73. The molecular weight excluding hydrogens is 248 g/mol. The normalized spacial score (nSPS) is 25.3. The topological polar surface area (TPSA) is 44.8 Å². The fourth-order valence-corrected chi connectivity index (χ4v) is 2.54. The van der Waals surface area contributed by atoms with Crippen molar-refractivity contribution in [1.29, 1.82) is 0 Å². The fraction of sp³-hybridized carbons (Fsp3) is 0.923. The van der Waals surface area contributed by atoms with E-state index in [4.69, 9.17) is 13.9 Å². The Bertz CT molecular complexity index is 296. The minimum Gasteiger partial charge on any atom is -0.434 e. The van der Waals surface area contributed by atoms with Gasteiger partial charge in [-0.2, -0.15) is 0 Å². The molecule has 0 radical (unpaired) electrons. The Hall–Kier alpha value is -0.393. The molecule has 0 aromatic carbocycles. The van der Waals surface area contributed by atoms with Gasteiger partial charge in [-0.1, -0.05) is 27.7 Å². The second-order valence-corrected chi connectivity index (χ2v) is 11.1. The van der Waals surface area contributed by atoms with Gasteiger partial charge in [-0.3, -0.25) is 0 Å². The Morgan fingerprint density at radius 2 is 1.94 bits per heavy atom. The minimum atomic E-state index is -1.73. The molecule has 0 spiro atoms. The van der Waals surface area contributed by atoms with Crippen molar-refractivity contribution in [3.05, 3.63) is 0 Å². The van der Waals surface area contributed by atoms with Crippen molar-refractivity contribution < 1.29 is 18.7 Å². The van der Waals surface area contributed by atoms with Crippen LogP contribution < -0.4 is 0 Å². The number of cyclic esters (lactones) is 1. The molecule has 1 aliphatic rings. The molecule has 1 aliphatic heterocycles. The molecule has 106 valence electrons. The number of carbonyl (C=O) groups excluding carboxylic acids is 1. The zero-order valence-corrected chi connectivity index (χ0v) is 13.4. The maximum Gasteiger partial charge on any atom is 0.337 e. The number of esters is 1. The van der Waals surface area contributed by atoms with Gasteiger partial charge in [-0.05, 0) is 18.1 Å². The van der Waals surface area contributed by atoms with E-state index in [1.807, 2.05) is 6.92 Å². The third kappa shape index (κ3) is 3.80. The van der Waals surface area contributed by atoms with Crippen molar-refractivity contribution in [2.45, 2.75) is 71.1 Å². The Morgan fingerprint density at radius 1 is 1.33 bits per heavy atom. The average molecular weight is 274 g/mol. The van der Waals surface area contributed by atoms with Crippen LogP contribution in [0.1, 0.15) is 40.5 Å². The standard InChI is InChI=1S/C13H26O4Si/c1-7-11-16-10(12(14)17-11)8-9-15-18(5,6)13(2,3)4/h10-11H,7-9H2,1-6H3. The second-order valence-electron chi connectivity index (χ2n) is 6.30. The Balaban J connectivity index is 2.37. The maximum atomic E-state index is 11.5. The highest BCUT2D eigenvalue weighted by Gasteiger charge is 2.38. The van der Waals surface area contributed by atoms with E-state index in [0.29, 0.717) is 19.4 Å². The lowest BCUT2D eigenvalue weighted by Crippen LogP contribution is -2.41. The van der Waals surface area contributed by atoms with Gasteiger partial charge in [0.25, 0.3) is 0 Å². The summed E-state index contributed by atoms with van der Waals surface area (Å²) in [5.41, 5.74) is 0. The summed E-state index contributed by atoms with van der Waals surface area (Å²) in [5, 5.41) is 0.190. The zero-order chi connectivity index (χ0) is 14.0. The largest absolute Gasteiger partial charge is 0.434 e. The van der Waals surface area contributed by atoms with Crippen LogP contribution in [0.25, 0.3) is 0 Å². The Kier molecular flexibility index (Phi) is 4.97. The van der Waals surface area contributed by atoms with E-state index in [9.17, 15) is 4.79 Å². The van der Waals surface area contributed by atoms with Crippen molar-refractivity contribution in [3.8, 4) is 0 Å². The lowest BCUT2D eigenvalue weighted by molar-refractivity contribution is -0.143. The van der Waals surface area contributed by atoms with Gasteiger partial charge in [0, 0.05) is 19.4 Å². The fourth-order valence-electron chi connectivity index (χ4n) is 1.48. The Labute approximate surface area is 111 Å². The van der Waals surface area contributed by atoms with Gasteiger partial charge in [-0.25, -0.2) is 4.79 Å². The van der Waals surface area contributed by atoms with Crippen LogP contribution in [-0.4, -0.2) is 33.3 Å². The molecule has 0 N–H and O–H groups in total. The van der Waals surface area contributed by atoms with Crippen LogP contribution in [0.2, 0.25) is 18.1 Å². The molecule has 0 aromatic heterocycles. The smallest absolute Gasteiger partial charge is 0.337 e. The predicted octanol–water partition coefficient (Wildman–Crippen LogP) is 3.08. The van der Waals surface area contributed by atoms with Crippen LogP contribution in [0, 0.1) is 0 Å². The molecule has 1 saturated heterocycles. The molecule has 0 saturated carbocycles. The summed E-state index contributed by atoms with van der Waals surface area (Å²) in [6.45, 7) is 13.5. The van der Waals surface area contributed by atoms with Crippen LogP contribution in [0.5, 0.6) is 0 Å². The Morgan fingerprint density at radius 3 is 2.39 bits per heavy atom. The summed E-state index contributed by atoms with van der Waals surface area (Å²) in [5.74, 6) is -0.249. The monoisotopic (exact) mass is 274 g/mol. The van der Waals surface area contributed by atoms with Crippen molar-refractivity contribution >= 4 is 14.3 Å². The van der Waals surface area contributed by atoms with E-state index >= 15 is 0 Å². The van der Waals surface area contributed by atoms with E-state index in [0.717, 1.165) is 0 Å². The summed E-state index contributed by atoms with van der Waals surface area (Å²) in [6.07, 6.45) is 0.475. The average Bonchev–Trinajstić information content (AvgIpc) is 2.58. The molecule has 0 aromatic rings. The first kappa shape index (κ1) is 15.7. The molecule has 0 aliphatic carbocycles. The minimum absolute atomic E-state index is 0.190. The highest BCUT2D eigenvalue weighted by Crippen LogP contribution is 2.36. The van der Waals surface area contributed by atoms with Gasteiger partial charge < -0.3 is 13.9 Å². The lowest BCUT2D eigenvalue weighted by atomic mass is 10.2. The summed E-state index contributed by atoms with van der Waals surface area (Å²) in [4.78, 5) is 11.5. The van der Waals surface area contributed by atoms with Gasteiger partial charge in [0.05, 0.1) is 0 Å². The van der Waals surface area contributed by atoms with Crippen LogP contribution in [0.3, 0.4) is 0 Å². The molecular formula is C13H26O4Si. The van der Waals surface area contributed by atoms with Crippen LogP contribution in [0.15, 0.2) is 0 Å². The molecule has 4 nitrogen and oxygen atoms in total. The molecule has 0 bridgehead atoms. The molecule has 2 unspecified atom stereocenters. The highest BCUT2D eigenvalue weighted by atomic mass is 28.4. The first-order valence-corrected chi connectivity index (χ1v) is 9.58. The number of ether oxygens (including phenoxy) is 2. The molecule has 5 heteroatoms. The van der Waals surface area contributed by atoms with Crippen molar-refractivity contribution in [2.75, 3.05) is 6.61 Å². The van der Waals surface area contributed by atoms with Gasteiger partial charge in [0.1, 0.15) is 0 Å². The third-order valence-corrected chi connectivity index (χ3v) is 8.35. The van der Waals surface area contributed by atoms with Gasteiger partial charge in [0.15, 0.2) is 14.4 Å². The zero-order valence-electron chi connectivity index (χ0n) is 12.4. The van der Waals surface area contributed by atoms with Crippen LogP contribution in [0.4, 0.5) is 0 Å². The molecule has 1 fully saturated rings. The van der Waals surface area contributed by atoms with Crippen molar-refractivity contribution in [2.24, 2.45) is 0 Å². The van der Waals surface area contributed by atoms with Crippen LogP contribution >= 0.6 is 0 Å². The lowest BCUT2D eigenvalue weighted by Gasteiger charge is -2.36. The first-order valence-electron chi connectivity index (χ1n) is 6.67. The molecule has 1 rings (SSSR count). The van der Waals surface area contributed by atoms with E-state index in [-0.39, 0.29) is 17.3 Å². The van der Waals surface area contributed by atoms with Gasteiger partial charge in [0.2, 0.25) is 6.29 Å². The predicted molar refractivity (Wildman–Crippen MR) is 72.8 cm³/mol. The van der Waals surface area contributed by atoms with Crippen molar-refractivity contribution in [1.82, 2.24) is 0 Å². The highest BCUT2D eigenvalue weighted by molar-refractivity contribution is 6.74. The van der Waals surface area contributed by atoms with Crippen molar-refractivity contribution in [3.63, 3.8) is 0 Å². The van der Waals surface area contributed by atoms with Gasteiger partial charge in [-0.15, -0.1) is 0 Å². The number of rotatable bonds is 5. The number of hydrogen-bond donors (Lipinski definition) is 0. The van der Waals surface area contributed by atoms with Gasteiger partial charge >= 0.3 is 5.97 Å². The quantitative estimate of drug-likeness (QED) is 0.571. The molecule has 2 atom stereocenters. The van der Waals surface area contributed by atoms with E-state index in [1.54, 1.807) is 0 Å². The summed E-state index contributed by atoms with van der Waals surface area (Å²) < 4.78 is 16.6. The summed E-state index contributed by atoms with van der Waals surface area (Å²) >= 11 is 0.